The van der Waals surface area contributed by atoms with Crippen LogP contribution in [0.15, 0.2) is 30.3 Å². The lowest BCUT2D eigenvalue weighted by Crippen LogP contribution is -2.46. The van der Waals surface area contributed by atoms with Crippen LogP contribution in [0, 0.1) is 0 Å². The number of aliphatic hydroxyl groups is 1. The third kappa shape index (κ3) is 4.14. The molecule has 2 rings (SSSR count). The lowest BCUT2D eigenvalue weighted by molar-refractivity contribution is -0.131. The Bertz CT molecular complexity index is 555. The minimum Gasteiger partial charge on any atom is -0.478 e. The summed E-state index contributed by atoms with van der Waals surface area (Å²) < 4.78 is 5.31. The van der Waals surface area contributed by atoms with Crippen molar-refractivity contribution >= 4 is 18.0 Å². The number of morpholine rings is 1. The SMILES string of the molecule is O=C(O)/C=C/c1cccc(C(=O)N2CCOC(CO)C2)c1. The van der Waals surface area contributed by atoms with Crippen molar-refractivity contribution in [2.75, 3.05) is 26.3 Å². The zero-order chi connectivity index (χ0) is 15.2. The summed E-state index contributed by atoms with van der Waals surface area (Å²) in [5, 5.41) is 17.7. The molecule has 1 saturated heterocycles. The van der Waals surface area contributed by atoms with Gasteiger partial charge in [0.25, 0.3) is 5.91 Å². The summed E-state index contributed by atoms with van der Waals surface area (Å²) in [5.74, 6) is -1.19. The molecule has 1 aromatic carbocycles. The molecule has 6 heteroatoms. The Morgan fingerprint density at radius 2 is 2.24 bits per heavy atom. The van der Waals surface area contributed by atoms with Crippen molar-refractivity contribution in [3.8, 4) is 0 Å². The van der Waals surface area contributed by atoms with Gasteiger partial charge in [-0.25, -0.2) is 4.79 Å². The predicted molar refractivity (Wildman–Crippen MR) is 75.8 cm³/mol. The maximum atomic E-state index is 12.4. The van der Waals surface area contributed by atoms with Gasteiger partial charge in [-0.2, -0.15) is 0 Å². The number of aliphatic carboxylic acids is 1. The Balaban J connectivity index is 2.12. The van der Waals surface area contributed by atoms with E-state index in [0.29, 0.717) is 30.8 Å². The fraction of sp³-hybridized carbons (Fsp3) is 0.333. The van der Waals surface area contributed by atoms with E-state index in [1.165, 1.54) is 6.08 Å². The third-order valence-electron chi connectivity index (χ3n) is 3.18. The molecule has 6 nitrogen and oxygen atoms in total. The molecule has 2 N–H and O–H groups in total. The average Bonchev–Trinajstić information content (AvgIpc) is 2.52. The monoisotopic (exact) mass is 291 g/mol. The summed E-state index contributed by atoms with van der Waals surface area (Å²) in [6.07, 6.45) is 2.12. The number of carboxylic acid groups (broad SMARTS) is 1. The first-order valence-electron chi connectivity index (χ1n) is 6.63. The van der Waals surface area contributed by atoms with Crippen LogP contribution in [-0.2, 0) is 9.53 Å². The number of rotatable bonds is 4. The fourth-order valence-electron chi connectivity index (χ4n) is 2.14. The minimum atomic E-state index is -1.04. The number of carbonyl (C=O) groups excluding carboxylic acids is 1. The van der Waals surface area contributed by atoms with Gasteiger partial charge in [-0.05, 0) is 23.8 Å². The minimum absolute atomic E-state index is 0.120. The van der Waals surface area contributed by atoms with Crippen molar-refractivity contribution in [3.63, 3.8) is 0 Å². The molecule has 1 aliphatic rings. The maximum absolute atomic E-state index is 12.4. The number of ether oxygens (including phenoxy) is 1. The van der Waals surface area contributed by atoms with Gasteiger partial charge in [0, 0.05) is 24.7 Å². The van der Waals surface area contributed by atoms with E-state index in [9.17, 15) is 9.59 Å². The van der Waals surface area contributed by atoms with Crippen molar-refractivity contribution in [1.29, 1.82) is 0 Å². The Labute approximate surface area is 122 Å². The fourth-order valence-corrected chi connectivity index (χ4v) is 2.14. The van der Waals surface area contributed by atoms with Crippen molar-refractivity contribution in [1.82, 2.24) is 4.90 Å². The summed E-state index contributed by atoms with van der Waals surface area (Å²) in [7, 11) is 0. The number of amides is 1. The standard InChI is InChI=1S/C15H17NO5/c17-10-13-9-16(6-7-21-13)15(20)12-3-1-2-11(8-12)4-5-14(18)19/h1-5,8,13,17H,6-7,9-10H2,(H,18,19)/b5-4+. The van der Waals surface area contributed by atoms with Crippen molar-refractivity contribution < 1.29 is 24.5 Å². The van der Waals surface area contributed by atoms with Gasteiger partial charge in [0.2, 0.25) is 0 Å². The highest BCUT2D eigenvalue weighted by Gasteiger charge is 2.24. The first kappa shape index (κ1) is 15.2. The summed E-state index contributed by atoms with van der Waals surface area (Å²) in [6, 6.07) is 6.76. The molecule has 0 bridgehead atoms. The van der Waals surface area contributed by atoms with Gasteiger partial charge < -0.3 is 19.8 Å². The van der Waals surface area contributed by atoms with E-state index in [-0.39, 0.29) is 18.6 Å². The van der Waals surface area contributed by atoms with Crippen molar-refractivity contribution in [2.45, 2.75) is 6.10 Å². The van der Waals surface area contributed by atoms with Gasteiger partial charge in [-0.3, -0.25) is 4.79 Å². The van der Waals surface area contributed by atoms with Gasteiger partial charge in [-0.15, -0.1) is 0 Å². The van der Waals surface area contributed by atoms with Gasteiger partial charge in [0.1, 0.15) is 0 Å². The van der Waals surface area contributed by atoms with Crippen LogP contribution in [0.1, 0.15) is 15.9 Å². The van der Waals surface area contributed by atoms with E-state index in [4.69, 9.17) is 14.9 Å². The second kappa shape index (κ2) is 7.01. The van der Waals surface area contributed by atoms with Crippen LogP contribution >= 0.6 is 0 Å². The molecule has 1 atom stereocenters. The highest BCUT2D eigenvalue weighted by atomic mass is 16.5. The van der Waals surface area contributed by atoms with Crippen molar-refractivity contribution in [2.24, 2.45) is 0 Å². The molecule has 21 heavy (non-hydrogen) atoms. The molecule has 0 spiro atoms. The van der Waals surface area contributed by atoms with Crippen LogP contribution in [-0.4, -0.2) is 59.4 Å². The smallest absolute Gasteiger partial charge is 0.328 e. The van der Waals surface area contributed by atoms with Gasteiger partial charge in [0.05, 0.1) is 19.3 Å². The molecule has 0 saturated carbocycles. The van der Waals surface area contributed by atoms with Crippen LogP contribution in [0.5, 0.6) is 0 Å². The second-order valence-corrected chi connectivity index (χ2v) is 4.72. The zero-order valence-electron chi connectivity index (χ0n) is 11.4. The summed E-state index contributed by atoms with van der Waals surface area (Å²) in [5.41, 5.74) is 1.14. The molecule has 112 valence electrons. The normalized spacial score (nSPS) is 18.9. The van der Waals surface area contributed by atoms with Crippen molar-refractivity contribution in [3.05, 3.63) is 41.5 Å². The highest BCUT2D eigenvalue weighted by molar-refractivity contribution is 5.95. The number of hydrogen-bond donors (Lipinski definition) is 2. The van der Waals surface area contributed by atoms with Gasteiger partial charge in [-0.1, -0.05) is 12.1 Å². The number of carbonyl (C=O) groups is 2. The molecule has 1 amide bonds. The summed E-state index contributed by atoms with van der Waals surface area (Å²) >= 11 is 0. The lowest BCUT2D eigenvalue weighted by atomic mass is 10.1. The largest absolute Gasteiger partial charge is 0.478 e. The molecule has 1 heterocycles. The van der Waals surface area contributed by atoms with Gasteiger partial charge in [0.15, 0.2) is 0 Å². The first-order valence-corrected chi connectivity index (χ1v) is 6.63. The Hall–Kier alpha value is -2.18. The second-order valence-electron chi connectivity index (χ2n) is 4.72. The van der Waals surface area contributed by atoms with E-state index in [1.54, 1.807) is 29.2 Å². The van der Waals surface area contributed by atoms with E-state index in [0.717, 1.165) is 6.08 Å². The molecule has 1 unspecified atom stereocenters. The van der Waals surface area contributed by atoms with Crippen LogP contribution in [0.25, 0.3) is 6.08 Å². The van der Waals surface area contributed by atoms with Gasteiger partial charge >= 0.3 is 5.97 Å². The number of benzene rings is 1. The summed E-state index contributed by atoms with van der Waals surface area (Å²) in [6.45, 7) is 1.11. The first-order chi connectivity index (χ1) is 10.1. The molecule has 0 aromatic heterocycles. The number of nitrogens with zero attached hydrogens (tertiary/aromatic N) is 1. The number of carboxylic acids is 1. The Morgan fingerprint density at radius 3 is 2.95 bits per heavy atom. The molecule has 1 aromatic rings. The number of aliphatic hydroxyl groups excluding tert-OH is 1. The van der Waals surface area contributed by atoms with Crippen LogP contribution in [0.3, 0.4) is 0 Å². The summed E-state index contributed by atoms with van der Waals surface area (Å²) in [4.78, 5) is 24.5. The molecule has 0 aliphatic carbocycles. The highest BCUT2D eigenvalue weighted by Crippen LogP contribution is 2.13. The van der Waals surface area contributed by atoms with E-state index < -0.39 is 5.97 Å². The molecular weight excluding hydrogens is 274 g/mol. The Kier molecular flexibility index (Phi) is 5.08. The Morgan fingerprint density at radius 1 is 1.43 bits per heavy atom. The maximum Gasteiger partial charge on any atom is 0.328 e. The van der Waals surface area contributed by atoms with E-state index >= 15 is 0 Å². The lowest BCUT2D eigenvalue weighted by Gasteiger charge is -2.32. The average molecular weight is 291 g/mol. The topological polar surface area (TPSA) is 87.1 Å². The third-order valence-corrected chi connectivity index (χ3v) is 3.18. The number of hydrogen-bond acceptors (Lipinski definition) is 4. The molecule has 1 aliphatic heterocycles. The quantitative estimate of drug-likeness (QED) is 0.794. The van der Waals surface area contributed by atoms with E-state index in [2.05, 4.69) is 0 Å². The van der Waals surface area contributed by atoms with Crippen LogP contribution in [0.2, 0.25) is 0 Å². The van der Waals surface area contributed by atoms with Crippen LogP contribution in [0.4, 0.5) is 0 Å². The molecule has 1 fully saturated rings. The van der Waals surface area contributed by atoms with E-state index in [1.807, 2.05) is 0 Å². The predicted octanol–water partition coefficient (Wildman–Crippen LogP) is 0.618. The van der Waals surface area contributed by atoms with Crippen LogP contribution < -0.4 is 0 Å². The molecular formula is C15H17NO5. The molecule has 0 radical (unpaired) electrons. The zero-order valence-corrected chi connectivity index (χ0v) is 11.4.